The van der Waals surface area contributed by atoms with Crippen LogP contribution < -0.4 is 16.2 Å². The molecule has 0 spiro atoms. The van der Waals surface area contributed by atoms with Gasteiger partial charge in [0, 0.05) is 6.54 Å². The zero-order chi connectivity index (χ0) is 12.7. The van der Waals surface area contributed by atoms with Crippen molar-refractivity contribution in [2.75, 3.05) is 24.7 Å². The second-order valence-electron chi connectivity index (χ2n) is 3.68. The number of nitrogens with zero attached hydrogens (tertiary/aromatic N) is 1. The highest BCUT2D eigenvalue weighted by atomic mass is 16.5. The lowest BCUT2D eigenvalue weighted by molar-refractivity contribution is 0.152. The smallest absolute Gasteiger partial charge is 0.407 e. The predicted molar refractivity (Wildman–Crippen MR) is 67.7 cm³/mol. The van der Waals surface area contributed by atoms with Crippen molar-refractivity contribution in [3.05, 3.63) is 29.8 Å². The summed E-state index contributed by atoms with van der Waals surface area (Å²) in [6.07, 6.45) is -0.412. The Morgan fingerprint density at radius 1 is 1.41 bits per heavy atom. The Bertz CT molecular complexity index is 351. The number of nitrogens with one attached hydrogen (secondary N) is 1. The number of carbonyl (C=O) groups is 1. The van der Waals surface area contributed by atoms with Gasteiger partial charge in [0.2, 0.25) is 0 Å². The SMILES string of the molecule is CCOC(=O)NCCN(N)c1ccc(C)cc1. The fraction of sp³-hybridized carbons (Fsp3) is 0.417. The summed E-state index contributed by atoms with van der Waals surface area (Å²) < 4.78 is 4.74. The van der Waals surface area contributed by atoms with Gasteiger partial charge in [0.15, 0.2) is 0 Å². The van der Waals surface area contributed by atoms with E-state index >= 15 is 0 Å². The molecule has 0 saturated carbocycles. The highest BCUT2D eigenvalue weighted by Gasteiger charge is 2.03. The summed E-state index contributed by atoms with van der Waals surface area (Å²) in [4.78, 5) is 11.0. The first kappa shape index (κ1) is 13.3. The van der Waals surface area contributed by atoms with E-state index < -0.39 is 6.09 Å². The number of hydrogen-bond acceptors (Lipinski definition) is 4. The Morgan fingerprint density at radius 3 is 2.65 bits per heavy atom. The largest absolute Gasteiger partial charge is 0.450 e. The molecule has 0 aromatic heterocycles. The van der Waals surface area contributed by atoms with Crippen LogP contribution in [0.5, 0.6) is 0 Å². The number of rotatable bonds is 5. The summed E-state index contributed by atoms with van der Waals surface area (Å²) in [6.45, 7) is 5.13. The second-order valence-corrected chi connectivity index (χ2v) is 3.68. The predicted octanol–water partition coefficient (Wildman–Crippen LogP) is 1.42. The minimum atomic E-state index is -0.412. The number of aryl methyl sites for hydroxylation is 1. The van der Waals surface area contributed by atoms with Gasteiger partial charge in [-0.3, -0.25) is 0 Å². The highest BCUT2D eigenvalue weighted by molar-refractivity contribution is 5.67. The van der Waals surface area contributed by atoms with E-state index in [0.717, 1.165) is 5.69 Å². The Kier molecular flexibility index (Phi) is 5.29. The first-order chi connectivity index (χ1) is 8.13. The fourth-order valence-electron chi connectivity index (χ4n) is 1.33. The number of alkyl carbamates (subject to hydrolysis) is 1. The van der Waals surface area contributed by atoms with Crippen LogP contribution in [0, 0.1) is 6.92 Å². The number of carbonyl (C=O) groups excluding carboxylic acids is 1. The van der Waals surface area contributed by atoms with Crippen molar-refractivity contribution in [3.63, 3.8) is 0 Å². The third-order valence-corrected chi connectivity index (χ3v) is 2.26. The van der Waals surface area contributed by atoms with Crippen LogP contribution in [0.3, 0.4) is 0 Å². The van der Waals surface area contributed by atoms with Crippen molar-refractivity contribution in [3.8, 4) is 0 Å². The molecular formula is C12H19N3O2. The van der Waals surface area contributed by atoms with Gasteiger partial charge in [-0.15, -0.1) is 0 Å². The Morgan fingerprint density at radius 2 is 2.06 bits per heavy atom. The lowest BCUT2D eigenvalue weighted by Gasteiger charge is -2.18. The van der Waals surface area contributed by atoms with E-state index in [1.165, 1.54) is 5.56 Å². The molecule has 5 heteroatoms. The molecule has 0 aliphatic carbocycles. The standard InChI is InChI=1S/C12H19N3O2/c1-3-17-12(16)14-8-9-15(13)11-6-4-10(2)5-7-11/h4-7H,3,8-9,13H2,1-2H3,(H,14,16). The summed E-state index contributed by atoms with van der Waals surface area (Å²) in [6, 6.07) is 7.88. The van der Waals surface area contributed by atoms with Gasteiger partial charge in [0.05, 0.1) is 18.8 Å². The van der Waals surface area contributed by atoms with Crippen LogP contribution in [-0.2, 0) is 4.74 Å². The van der Waals surface area contributed by atoms with E-state index in [1.807, 2.05) is 31.2 Å². The number of hydrogen-bond donors (Lipinski definition) is 2. The molecule has 0 bridgehead atoms. The Balaban J connectivity index is 2.32. The summed E-state index contributed by atoms with van der Waals surface area (Å²) in [5.74, 6) is 5.85. The molecule has 0 atom stereocenters. The minimum Gasteiger partial charge on any atom is -0.450 e. The summed E-state index contributed by atoms with van der Waals surface area (Å²) in [5.41, 5.74) is 2.10. The Hall–Kier alpha value is -1.75. The molecule has 94 valence electrons. The van der Waals surface area contributed by atoms with E-state index in [-0.39, 0.29) is 0 Å². The fourth-order valence-corrected chi connectivity index (χ4v) is 1.33. The molecule has 0 fully saturated rings. The van der Waals surface area contributed by atoms with Crippen LogP contribution in [0.15, 0.2) is 24.3 Å². The van der Waals surface area contributed by atoms with Gasteiger partial charge < -0.3 is 15.1 Å². The number of hydrazine groups is 1. The molecule has 1 aromatic rings. The van der Waals surface area contributed by atoms with Crippen LogP contribution in [0.4, 0.5) is 10.5 Å². The summed E-state index contributed by atoms with van der Waals surface area (Å²) in [5, 5.41) is 4.20. The maximum atomic E-state index is 11.0. The van der Waals surface area contributed by atoms with Gasteiger partial charge in [0.1, 0.15) is 0 Å². The lowest BCUT2D eigenvalue weighted by atomic mass is 10.2. The van der Waals surface area contributed by atoms with Crippen molar-refractivity contribution in [2.45, 2.75) is 13.8 Å². The molecule has 17 heavy (non-hydrogen) atoms. The number of anilines is 1. The van der Waals surface area contributed by atoms with Crippen LogP contribution in [0.25, 0.3) is 0 Å². The maximum Gasteiger partial charge on any atom is 0.407 e. The van der Waals surface area contributed by atoms with Gasteiger partial charge in [-0.1, -0.05) is 17.7 Å². The zero-order valence-electron chi connectivity index (χ0n) is 10.3. The van der Waals surface area contributed by atoms with Crippen molar-refractivity contribution in [1.82, 2.24) is 5.32 Å². The number of amides is 1. The minimum absolute atomic E-state index is 0.371. The van der Waals surface area contributed by atoms with Gasteiger partial charge in [-0.05, 0) is 26.0 Å². The number of nitrogens with two attached hydrogens (primary N) is 1. The Labute approximate surface area is 102 Å². The van der Waals surface area contributed by atoms with Crippen LogP contribution in [-0.4, -0.2) is 25.8 Å². The molecule has 0 aliphatic rings. The van der Waals surface area contributed by atoms with Crippen LogP contribution in [0.1, 0.15) is 12.5 Å². The van der Waals surface area contributed by atoms with Crippen LogP contribution in [0.2, 0.25) is 0 Å². The van der Waals surface area contributed by atoms with E-state index in [0.29, 0.717) is 19.7 Å². The first-order valence-corrected chi connectivity index (χ1v) is 5.63. The molecule has 1 rings (SSSR count). The second kappa shape index (κ2) is 6.75. The number of ether oxygens (including phenoxy) is 1. The van der Waals surface area contributed by atoms with Crippen molar-refractivity contribution in [2.24, 2.45) is 5.84 Å². The lowest BCUT2D eigenvalue weighted by Crippen LogP contribution is -2.39. The molecule has 0 heterocycles. The quantitative estimate of drug-likeness (QED) is 0.600. The molecule has 5 nitrogen and oxygen atoms in total. The maximum absolute atomic E-state index is 11.0. The molecule has 0 unspecified atom stereocenters. The third-order valence-electron chi connectivity index (χ3n) is 2.26. The molecule has 3 N–H and O–H groups in total. The van der Waals surface area contributed by atoms with Gasteiger partial charge in [-0.25, -0.2) is 10.6 Å². The van der Waals surface area contributed by atoms with Crippen molar-refractivity contribution in [1.29, 1.82) is 0 Å². The molecule has 0 saturated heterocycles. The summed E-state index contributed by atoms with van der Waals surface area (Å²) in [7, 11) is 0. The highest BCUT2D eigenvalue weighted by Crippen LogP contribution is 2.10. The van der Waals surface area contributed by atoms with E-state index in [1.54, 1.807) is 11.9 Å². The average molecular weight is 237 g/mol. The number of benzene rings is 1. The van der Waals surface area contributed by atoms with Gasteiger partial charge >= 0.3 is 6.09 Å². The third kappa shape index (κ3) is 4.74. The van der Waals surface area contributed by atoms with E-state index in [4.69, 9.17) is 10.6 Å². The van der Waals surface area contributed by atoms with E-state index in [2.05, 4.69) is 5.32 Å². The van der Waals surface area contributed by atoms with Crippen LogP contribution >= 0.6 is 0 Å². The van der Waals surface area contributed by atoms with Crippen molar-refractivity contribution < 1.29 is 9.53 Å². The van der Waals surface area contributed by atoms with Gasteiger partial charge in [0.25, 0.3) is 0 Å². The molecule has 1 amide bonds. The first-order valence-electron chi connectivity index (χ1n) is 5.63. The normalized spacial score (nSPS) is 9.82. The molecular weight excluding hydrogens is 218 g/mol. The summed E-state index contributed by atoms with van der Waals surface area (Å²) >= 11 is 0. The van der Waals surface area contributed by atoms with Gasteiger partial charge in [-0.2, -0.15) is 0 Å². The van der Waals surface area contributed by atoms with Crippen molar-refractivity contribution >= 4 is 11.8 Å². The van der Waals surface area contributed by atoms with E-state index in [9.17, 15) is 4.79 Å². The zero-order valence-corrected chi connectivity index (χ0v) is 10.3. The topological polar surface area (TPSA) is 67.6 Å². The molecule has 1 aromatic carbocycles. The average Bonchev–Trinajstić information content (AvgIpc) is 2.30. The molecule has 0 aliphatic heterocycles. The molecule has 0 radical (unpaired) electrons. The monoisotopic (exact) mass is 237 g/mol.